The molecule has 0 aromatic carbocycles. The molecule has 0 spiro atoms. The van der Waals surface area contributed by atoms with Gasteiger partial charge in [0.1, 0.15) is 0 Å². The predicted octanol–water partition coefficient (Wildman–Crippen LogP) is 3.46. The third-order valence-electron chi connectivity index (χ3n) is 4.23. The molecule has 3 heteroatoms. The summed E-state index contributed by atoms with van der Waals surface area (Å²) < 4.78 is 5.33. The largest absolute Gasteiger partial charge is 0.379 e. The van der Waals surface area contributed by atoms with E-state index < -0.39 is 0 Å². The highest BCUT2D eigenvalue weighted by molar-refractivity contribution is 8.00. The molecular formula is C15H29NOS. The van der Waals surface area contributed by atoms with Crippen LogP contribution in [0.3, 0.4) is 0 Å². The fraction of sp³-hybridized carbons (Fsp3) is 1.00. The normalized spacial score (nSPS) is 33.3. The van der Waals surface area contributed by atoms with E-state index in [1.54, 1.807) is 0 Å². The zero-order chi connectivity index (χ0) is 12.8. The number of thioether (sulfide) groups is 1. The summed E-state index contributed by atoms with van der Waals surface area (Å²) in [4.78, 5) is 0. The first kappa shape index (κ1) is 14.7. The maximum absolute atomic E-state index is 5.33. The Morgan fingerprint density at radius 3 is 2.61 bits per heavy atom. The summed E-state index contributed by atoms with van der Waals surface area (Å²) in [6.07, 6.45) is 8.28. The average Bonchev–Trinajstić information content (AvgIpc) is 2.33. The van der Waals surface area contributed by atoms with Gasteiger partial charge in [-0.15, -0.1) is 11.8 Å². The molecule has 0 bridgehead atoms. The molecule has 1 aliphatic heterocycles. The van der Waals surface area contributed by atoms with Crippen molar-refractivity contribution in [3.8, 4) is 0 Å². The second-order valence-corrected chi connectivity index (χ2v) is 7.41. The Kier molecular flexibility index (Phi) is 6.33. The average molecular weight is 271 g/mol. The Morgan fingerprint density at radius 1 is 1.17 bits per heavy atom. The first-order valence-electron chi connectivity index (χ1n) is 7.80. The first-order chi connectivity index (χ1) is 8.83. The van der Waals surface area contributed by atoms with Crippen LogP contribution in [0, 0.1) is 5.92 Å². The van der Waals surface area contributed by atoms with Crippen LogP contribution in [0.5, 0.6) is 0 Å². The van der Waals surface area contributed by atoms with Crippen LogP contribution < -0.4 is 5.32 Å². The second-order valence-electron chi connectivity index (χ2n) is 5.86. The number of ether oxygens (including phenoxy) is 1. The lowest BCUT2D eigenvalue weighted by Gasteiger charge is -2.39. The van der Waals surface area contributed by atoms with Gasteiger partial charge in [-0.2, -0.15) is 0 Å². The maximum atomic E-state index is 5.33. The van der Waals surface area contributed by atoms with Crippen LogP contribution in [0.1, 0.15) is 52.4 Å². The first-order valence-corrected chi connectivity index (χ1v) is 8.74. The van der Waals surface area contributed by atoms with Crippen molar-refractivity contribution in [2.24, 2.45) is 5.92 Å². The maximum Gasteiger partial charge on any atom is 0.0608 e. The lowest BCUT2D eigenvalue weighted by Crippen LogP contribution is -2.45. The zero-order valence-corrected chi connectivity index (χ0v) is 12.8. The molecule has 18 heavy (non-hydrogen) atoms. The summed E-state index contributed by atoms with van der Waals surface area (Å²) in [5, 5.41) is 5.38. The fourth-order valence-electron chi connectivity index (χ4n) is 3.14. The minimum absolute atomic E-state index is 0.753. The van der Waals surface area contributed by atoms with Gasteiger partial charge in [0, 0.05) is 11.3 Å². The van der Waals surface area contributed by atoms with Crippen molar-refractivity contribution in [2.75, 3.05) is 19.8 Å². The van der Waals surface area contributed by atoms with Gasteiger partial charge >= 0.3 is 0 Å². The van der Waals surface area contributed by atoms with Crippen LogP contribution >= 0.6 is 11.8 Å². The Labute approximate surface area is 117 Å². The number of hydrogen-bond acceptors (Lipinski definition) is 3. The van der Waals surface area contributed by atoms with Gasteiger partial charge in [-0.1, -0.05) is 26.7 Å². The molecule has 0 aromatic rings. The lowest BCUT2D eigenvalue weighted by atomic mass is 9.83. The van der Waals surface area contributed by atoms with Gasteiger partial charge in [-0.25, -0.2) is 0 Å². The molecule has 1 N–H and O–H groups in total. The molecule has 3 atom stereocenters. The SMILES string of the molecule is CCCNC1CCC(CCC)CC1SC1COC1. The van der Waals surface area contributed by atoms with Crippen LogP contribution in [0.4, 0.5) is 0 Å². The van der Waals surface area contributed by atoms with E-state index in [2.05, 4.69) is 30.9 Å². The summed E-state index contributed by atoms with van der Waals surface area (Å²) >= 11 is 2.21. The van der Waals surface area contributed by atoms with E-state index in [4.69, 9.17) is 4.74 Å². The van der Waals surface area contributed by atoms with Crippen molar-refractivity contribution in [3.63, 3.8) is 0 Å². The predicted molar refractivity (Wildman–Crippen MR) is 80.3 cm³/mol. The van der Waals surface area contributed by atoms with Gasteiger partial charge in [-0.05, 0) is 38.1 Å². The summed E-state index contributed by atoms with van der Waals surface area (Å²) in [6, 6.07) is 0.753. The molecule has 2 aliphatic rings. The molecule has 1 saturated carbocycles. The molecule has 0 radical (unpaired) electrons. The van der Waals surface area contributed by atoms with Crippen molar-refractivity contribution < 1.29 is 4.74 Å². The van der Waals surface area contributed by atoms with Crippen molar-refractivity contribution in [2.45, 2.75) is 68.9 Å². The third kappa shape index (κ3) is 4.14. The van der Waals surface area contributed by atoms with Gasteiger partial charge in [0.25, 0.3) is 0 Å². The Morgan fingerprint density at radius 2 is 2.00 bits per heavy atom. The fourth-order valence-corrected chi connectivity index (χ4v) is 4.78. The zero-order valence-electron chi connectivity index (χ0n) is 12.0. The van der Waals surface area contributed by atoms with Gasteiger partial charge in [0.2, 0.25) is 0 Å². The summed E-state index contributed by atoms with van der Waals surface area (Å²) in [6.45, 7) is 7.74. The van der Waals surface area contributed by atoms with E-state index in [1.165, 1.54) is 45.1 Å². The van der Waals surface area contributed by atoms with Gasteiger partial charge < -0.3 is 10.1 Å². The number of hydrogen-bond donors (Lipinski definition) is 1. The standard InChI is InChI=1S/C15H29NOS/c1-3-5-12-6-7-14(16-8-4-2)15(9-12)18-13-10-17-11-13/h12-16H,3-11H2,1-2H3. The Bertz CT molecular complexity index is 233. The van der Waals surface area contributed by atoms with Gasteiger partial charge in [-0.3, -0.25) is 0 Å². The minimum atomic E-state index is 0.753. The molecule has 3 unspecified atom stereocenters. The number of nitrogens with one attached hydrogen (secondary N) is 1. The molecule has 2 nitrogen and oxygen atoms in total. The molecule has 1 saturated heterocycles. The second kappa shape index (κ2) is 7.76. The highest BCUT2D eigenvalue weighted by Gasteiger charge is 2.33. The molecule has 106 valence electrons. The van der Waals surface area contributed by atoms with Gasteiger partial charge in [0.15, 0.2) is 0 Å². The Balaban J connectivity index is 1.82. The molecular weight excluding hydrogens is 242 g/mol. The topological polar surface area (TPSA) is 21.3 Å². The molecule has 0 amide bonds. The van der Waals surface area contributed by atoms with Crippen LogP contribution in [0.25, 0.3) is 0 Å². The molecule has 1 aliphatic carbocycles. The van der Waals surface area contributed by atoms with Crippen molar-refractivity contribution in [1.29, 1.82) is 0 Å². The van der Waals surface area contributed by atoms with Crippen LogP contribution in [-0.2, 0) is 4.74 Å². The summed E-state index contributed by atoms with van der Waals surface area (Å²) in [7, 11) is 0. The Hall–Kier alpha value is 0.270. The van der Waals surface area contributed by atoms with E-state index in [0.717, 1.165) is 35.7 Å². The van der Waals surface area contributed by atoms with Gasteiger partial charge in [0.05, 0.1) is 18.5 Å². The van der Waals surface area contributed by atoms with Crippen molar-refractivity contribution in [1.82, 2.24) is 5.32 Å². The quantitative estimate of drug-likeness (QED) is 0.766. The number of rotatable bonds is 7. The van der Waals surface area contributed by atoms with Crippen molar-refractivity contribution in [3.05, 3.63) is 0 Å². The lowest BCUT2D eigenvalue weighted by molar-refractivity contribution is 0.0449. The molecule has 0 aromatic heterocycles. The highest BCUT2D eigenvalue weighted by atomic mass is 32.2. The minimum Gasteiger partial charge on any atom is -0.379 e. The molecule has 1 heterocycles. The van der Waals surface area contributed by atoms with Crippen LogP contribution in [0.15, 0.2) is 0 Å². The van der Waals surface area contributed by atoms with Crippen molar-refractivity contribution >= 4 is 11.8 Å². The summed E-state index contributed by atoms with van der Waals surface area (Å²) in [5.74, 6) is 0.980. The van der Waals surface area contributed by atoms with Crippen LogP contribution in [0.2, 0.25) is 0 Å². The molecule has 2 fully saturated rings. The van der Waals surface area contributed by atoms with E-state index in [0.29, 0.717) is 0 Å². The highest BCUT2D eigenvalue weighted by Crippen LogP contribution is 2.38. The smallest absolute Gasteiger partial charge is 0.0608 e. The van der Waals surface area contributed by atoms with E-state index in [9.17, 15) is 0 Å². The van der Waals surface area contributed by atoms with E-state index in [-0.39, 0.29) is 0 Å². The van der Waals surface area contributed by atoms with E-state index >= 15 is 0 Å². The molecule has 2 rings (SSSR count). The van der Waals surface area contributed by atoms with E-state index in [1.807, 2.05) is 0 Å². The monoisotopic (exact) mass is 271 g/mol. The third-order valence-corrected chi connectivity index (χ3v) is 5.76. The van der Waals surface area contributed by atoms with Crippen LogP contribution in [-0.4, -0.2) is 36.3 Å². The summed E-state index contributed by atoms with van der Waals surface area (Å²) in [5.41, 5.74) is 0.